The second kappa shape index (κ2) is 6.51. The van der Waals surface area contributed by atoms with Crippen LogP contribution in [0.15, 0.2) is 42.6 Å². The number of urea groups is 1. The van der Waals surface area contributed by atoms with E-state index in [0.29, 0.717) is 29.5 Å². The van der Waals surface area contributed by atoms with Crippen molar-refractivity contribution < 1.29 is 13.9 Å². The summed E-state index contributed by atoms with van der Waals surface area (Å²) in [7, 11) is 0. The first-order valence-corrected chi connectivity index (χ1v) is 9.69. The maximum absolute atomic E-state index is 13.6. The zero-order chi connectivity index (χ0) is 19.3. The number of alkyl halides is 1. The molecule has 3 aliphatic rings. The summed E-state index contributed by atoms with van der Waals surface area (Å²) in [6.07, 6.45) is 1.79. The molecule has 3 aliphatic heterocycles. The highest BCUT2D eigenvalue weighted by Gasteiger charge is 2.54. The SMILES string of the molecule is O=C(N1CC2(C1)CN(c1ccccn1)C2)N1c2ccc(Cl)cc2OCC1CF. The zero-order valence-corrected chi connectivity index (χ0v) is 16.0. The number of carbonyl (C=O) groups is 1. The number of pyridine rings is 1. The van der Waals surface area contributed by atoms with E-state index in [-0.39, 0.29) is 18.1 Å². The molecule has 6 nitrogen and oxygen atoms in total. The fourth-order valence-corrected chi connectivity index (χ4v) is 4.51. The number of hydrogen-bond donors (Lipinski definition) is 0. The van der Waals surface area contributed by atoms with Gasteiger partial charge in [0.15, 0.2) is 0 Å². The van der Waals surface area contributed by atoms with Crippen LogP contribution in [0.1, 0.15) is 0 Å². The van der Waals surface area contributed by atoms with E-state index in [9.17, 15) is 9.18 Å². The lowest BCUT2D eigenvalue weighted by Crippen LogP contribution is -2.74. The van der Waals surface area contributed by atoms with Crippen LogP contribution in [-0.4, -0.2) is 61.4 Å². The number of hydrogen-bond acceptors (Lipinski definition) is 4. The lowest BCUT2D eigenvalue weighted by Gasteiger charge is -2.61. The Kier molecular flexibility index (Phi) is 4.08. The van der Waals surface area contributed by atoms with Gasteiger partial charge in [-0.25, -0.2) is 14.2 Å². The Morgan fingerprint density at radius 2 is 2.07 bits per heavy atom. The Labute approximate surface area is 167 Å². The molecule has 2 fully saturated rings. The molecule has 0 N–H and O–H groups in total. The normalized spacial score (nSPS) is 22.2. The van der Waals surface area contributed by atoms with E-state index in [1.165, 1.54) is 4.90 Å². The third-order valence-corrected chi connectivity index (χ3v) is 5.95. The molecule has 1 aromatic carbocycles. The number of fused-ring (bicyclic) bond motifs is 1. The van der Waals surface area contributed by atoms with Gasteiger partial charge in [0, 0.05) is 48.9 Å². The monoisotopic (exact) mass is 402 g/mol. The van der Waals surface area contributed by atoms with Gasteiger partial charge >= 0.3 is 6.03 Å². The zero-order valence-electron chi connectivity index (χ0n) is 15.2. The van der Waals surface area contributed by atoms with Gasteiger partial charge in [0.05, 0.1) is 5.69 Å². The second-order valence-electron chi connectivity index (χ2n) is 7.78. The van der Waals surface area contributed by atoms with Crippen LogP contribution in [0, 0.1) is 5.41 Å². The minimum Gasteiger partial charge on any atom is -0.489 e. The Morgan fingerprint density at radius 3 is 2.79 bits per heavy atom. The molecular formula is C20H20ClFN4O2. The molecule has 5 rings (SSSR count). The average Bonchev–Trinajstić information content (AvgIpc) is 2.65. The predicted molar refractivity (Wildman–Crippen MR) is 105 cm³/mol. The van der Waals surface area contributed by atoms with E-state index in [2.05, 4.69) is 9.88 Å². The van der Waals surface area contributed by atoms with Crippen molar-refractivity contribution in [2.75, 3.05) is 49.3 Å². The van der Waals surface area contributed by atoms with E-state index < -0.39 is 12.7 Å². The molecule has 1 spiro atoms. The van der Waals surface area contributed by atoms with Gasteiger partial charge in [-0.05, 0) is 24.3 Å². The maximum Gasteiger partial charge on any atom is 0.325 e. The van der Waals surface area contributed by atoms with Crippen LogP contribution in [0.4, 0.5) is 20.7 Å². The molecule has 146 valence electrons. The number of anilines is 2. The van der Waals surface area contributed by atoms with Crippen molar-refractivity contribution in [2.24, 2.45) is 5.41 Å². The van der Waals surface area contributed by atoms with Crippen molar-refractivity contribution in [3.63, 3.8) is 0 Å². The van der Waals surface area contributed by atoms with Crippen LogP contribution in [0.2, 0.25) is 5.02 Å². The molecule has 2 aromatic rings. The molecule has 1 atom stereocenters. The first-order valence-electron chi connectivity index (χ1n) is 9.31. The second-order valence-corrected chi connectivity index (χ2v) is 8.22. The van der Waals surface area contributed by atoms with Crippen molar-refractivity contribution in [3.8, 4) is 5.75 Å². The molecular weight excluding hydrogens is 383 g/mol. The first-order chi connectivity index (χ1) is 13.6. The maximum atomic E-state index is 13.6. The standard InChI is InChI=1S/C20H20ClFN4O2/c21-14-4-5-16-17(7-14)28-9-15(8-22)26(16)19(27)25-12-20(13-25)10-24(11-20)18-3-1-2-6-23-18/h1-7,15H,8-13H2. The molecule has 0 radical (unpaired) electrons. The average molecular weight is 403 g/mol. The van der Waals surface area contributed by atoms with E-state index >= 15 is 0 Å². The Morgan fingerprint density at radius 1 is 1.25 bits per heavy atom. The topological polar surface area (TPSA) is 48.9 Å². The number of likely N-dealkylation sites (tertiary alicyclic amines) is 1. The van der Waals surface area contributed by atoms with Crippen molar-refractivity contribution in [1.82, 2.24) is 9.88 Å². The summed E-state index contributed by atoms with van der Waals surface area (Å²) < 4.78 is 19.2. The van der Waals surface area contributed by atoms with Crippen molar-refractivity contribution in [2.45, 2.75) is 6.04 Å². The number of ether oxygens (including phenoxy) is 1. The molecule has 2 amide bonds. The highest BCUT2D eigenvalue weighted by atomic mass is 35.5. The smallest absolute Gasteiger partial charge is 0.325 e. The lowest BCUT2D eigenvalue weighted by atomic mass is 9.73. The molecule has 0 bridgehead atoms. The molecule has 1 unspecified atom stereocenters. The van der Waals surface area contributed by atoms with Crippen LogP contribution in [0.25, 0.3) is 0 Å². The summed E-state index contributed by atoms with van der Waals surface area (Å²) in [4.78, 5) is 23.1. The number of amides is 2. The van der Waals surface area contributed by atoms with Crippen LogP contribution < -0.4 is 14.5 Å². The molecule has 8 heteroatoms. The number of halogens is 2. The highest BCUT2D eigenvalue weighted by molar-refractivity contribution is 6.30. The summed E-state index contributed by atoms with van der Waals surface area (Å²) >= 11 is 6.03. The predicted octanol–water partition coefficient (Wildman–Crippen LogP) is 3.21. The van der Waals surface area contributed by atoms with Crippen molar-refractivity contribution in [3.05, 3.63) is 47.6 Å². The van der Waals surface area contributed by atoms with Gasteiger partial charge < -0.3 is 14.5 Å². The van der Waals surface area contributed by atoms with Gasteiger partial charge in [0.25, 0.3) is 0 Å². The number of nitrogens with zero attached hydrogens (tertiary/aromatic N) is 4. The van der Waals surface area contributed by atoms with E-state index in [0.717, 1.165) is 18.9 Å². The van der Waals surface area contributed by atoms with Gasteiger partial charge in [-0.15, -0.1) is 0 Å². The van der Waals surface area contributed by atoms with E-state index in [1.807, 2.05) is 18.2 Å². The van der Waals surface area contributed by atoms with Gasteiger partial charge in [0.2, 0.25) is 0 Å². The Balaban J connectivity index is 1.28. The fourth-order valence-electron chi connectivity index (χ4n) is 4.35. The largest absolute Gasteiger partial charge is 0.489 e. The minimum atomic E-state index is -0.653. The third-order valence-electron chi connectivity index (χ3n) is 5.71. The number of carbonyl (C=O) groups excluding carboxylic acids is 1. The Hall–Kier alpha value is -2.54. The molecule has 1 aromatic heterocycles. The summed E-state index contributed by atoms with van der Waals surface area (Å²) in [5.41, 5.74) is 0.695. The Bertz CT molecular complexity index is 898. The highest BCUT2D eigenvalue weighted by Crippen LogP contribution is 2.43. The van der Waals surface area contributed by atoms with Crippen LogP contribution >= 0.6 is 11.6 Å². The summed E-state index contributed by atoms with van der Waals surface area (Å²) in [5.74, 6) is 1.49. The summed E-state index contributed by atoms with van der Waals surface area (Å²) in [6, 6.07) is 10.2. The lowest BCUT2D eigenvalue weighted by molar-refractivity contribution is 0.00821. The minimum absolute atomic E-state index is 0.119. The van der Waals surface area contributed by atoms with Gasteiger partial charge in [-0.1, -0.05) is 17.7 Å². The van der Waals surface area contributed by atoms with E-state index in [1.54, 1.807) is 29.3 Å². The van der Waals surface area contributed by atoms with Crippen LogP contribution in [0.3, 0.4) is 0 Å². The molecule has 0 saturated carbocycles. The van der Waals surface area contributed by atoms with E-state index in [4.69, 9.17) is 16.3 Å². The molecule has 28 heavy (non-hydrogen) atoms. The van der Waals surface area contributed by atoms with Crippen LogP contribution in [-0.2, 0) is 0 Å². The number of rotatable bonds is 2. The summed E-state index contributed by atoms with van der Waals surface area (Å²) in [6.45, 7) is 2.59. The molecule has 4 heterocycles. The van der Waals surface area contributed by atoms with Gasteiger partial charge in [0.1, 0.15) is 30.9 Å². The third kappa shape index (κ3) is 2.76. The number of benzene rings is 1. The summed E-state index contributed by atoms with van der Waals surface area (Å²) in [5, 5.41) is 0.525. The molecule has 2 saturated heterocycles. The van der Waals surface area contributed by atoms with Crippen LogP contribution in [0.5, 0.6) is 5.75 Å². The number of aromatic nitrogens is 1. The molecule has 0 aliphatic carbocycles. The van der Waals surface area contributed by atoms with Crippen molar-refractivity contribution in [1.29, 1.82) is 0 Å². The van der Waals surface area contributed by atoms with Crippen molar-refractivity contribution >= 4 is 29.1 Å². The van der Waals surface area contributed by atoms with Gasteiger partial charge in [-0.3, -0.25) is 4.90 Å². The first kappa shape index (κ1) is 17.6. The fraction of sp³-hybridized carbons (Fsp3) is 0.400. The quantitative estimate of drug-likeness (QED) is 0.774. The van der Waals surface area contributed by atoms with Gasteiger partial charge in [-0.2, -0.15) is 0 Å².